The smallest absolute Gasteiger partial charge is 0.419 e. The molecule has 0 atom stereocenters. The van der Waals surface area contributed by atoms with Gasteiger partial charge in [0.15, 0.2) is 0 Å². The van der Waals surface area contributed by atoms with Crippen molar-refractivity contribution in [2.24, 2.45) is 0 Å². The van der Waals surface area contributed by atoms with Crippen LogP contribution < -0.4 is 20.8 Å². The monoisotopic (exact) mass is 489 g/mol. The molecule has 0 spiro atoms. The number of nitrogens with zero attached hydrogens (tertiary/aromatic N) is 3. The summed E-state index contributed by atoms with van der Waals surface area (Å²) in [5, 5.41) is 5.79. The predicted octanol–water partition coefficient (Wildman–Crippen LogP) is 4.04. The average molecular weight is 489 g/mol. The minimum atomic E-state index is -4.80. The zero-order valence-corrected chi connectivity index (χ0v) is 19.2. The Balaban J connectivity index is 1.76. The number of benzene rings is 1. The molecular formula is C23H23F3N5O2P. The molecule has 1 saturated heterocycles. The van der Waals surface area contributed by atoms with Crippen molar-refractivity contribution in [1.82, 2.24) is 20.3 Å². The molecule has 11 heteroatoms. The topological polar surface area (TPSA) is 89.0 Å². The van der Waals surface area contributed by atoms with Crippen LogP contribution in [0.25, 0.3) is 16.6 Å². The summed E-state index contributed by atoms with van der Waals surface area (Å²) < 4.78 is 63.2. The molecule has 0 aliphatic carbocycles. The second-order valence-electron chi connectivity index (χ2n) is 8.34. The Morgan fingerprint density at radius 2 is 1.88 bits per heavy atom. The van der Waals surface area contributed by atoms with Crippen molar-refractivity contribution < 1.29 is 22.5 Å². The molecule has 4 heterocycles. The van der Waals surface area contributed by atoms with E-state index in [1.54, 1.807) is 18.2 Å². The van der Waals surface area contributed by atoms with Gasteiger partial charge in [-0.05, 0) is 18.6 Å². The molecule has 0 saturated carbocycles. The lowest BCUT2D eigenvalue weighted by Crippen LogP contribution is -2.35. The third-order valence-electron chi connectivity index (χ3n) is 6.02. The maximum absolute atomic E-state index is 14.6. The first-order valence-corrected chi connectivity index (χ1v) is 13.1. The van der Waals surface area contributed by atoms with Crippen molar-refractivity contribution in [3.05, 3.63) is 54.0 Å². The molecule has 0 radical (unpaired) electrons. The molecule has 2 bridgehead atoms. The number of halogens is 3. The van der Waals surface area contributed by atoms with E-state index in [2.05, 4.69) is 32.2 Å². The van der Waals surface area contributed by atoms with E-state index in [0.717, 1.165) is 0 Å². The van der Waals surface area contributed by atoms with Crippen molar-refractivity contribution in [2.75, 3.05) is 37.3 Å². The van der Waals surface area contributed by atoms with Crippen LogP contribution in [0.15, 0.2) is 37.0 Å². The summed E-state index contributed by atoms with van der Waals surface area (Å²) in [6.07, 6.45) is -2.30. The summed E-state index contributed by atoms with van der Waals surface area (Å²) in [5.41, 5.74) is -0.426. The Morgan fingerprint density at radius 3 is 2.65 bits per heavy atom. The molecule has 2 N–H and O–H groups in total. The molecule has 2 aliphatic rings. The summed E-state index contributed by atoms with van der Waals surface area (Å²) in [5.74, 6) is 0.915. The number of nitrogens with one attached hydrogen (secondary N) is 2. The van der Waals surface area contributed by atoms with Crippen LogP contribution in [-0.2, 0) is 17.2 Å². The first-order chi connectivity index (χ1) is 16.3. The molecule has 2 aliphatic heterocycles. The van der Waals surface area contributed by atoms with Crippen LogP contribution in [0.3, 0.4) is 0 Å². The molecule has 2 aromatic heterocycles. The highest BCUT2D eigenvalue weighted by atomic mass is 31.2. The van der Waals surface area contributed by atoms with Crippen molar-refractivity contribution in [3.8, 4) is 5.75 Å². The lowest BCUT2D eigenvalue weighted by atomic mass is 10.1. The SMILES string of the molecule is C=C1Nc2nc(nc3cnc(P4(=O)CCNCC4)c(C(F)(F)F)c23)CCCOc2ccccc21. The number of ether oxygens (including phenoxy) is 1. The van der Waals surface area contributed by atoms with Crippen molar-refractivity contribution in [1.29, 1.82) is 0 Å². The minimum Gasteiger partial charge on any atom is -0.493 e. The van der Waals surface area contributed by atoms with E-state index in [-0.39, 0.29) is 29.0 Å². The zero-order chi connectivity index (χ0) is 23.9. The minimum absolute atomic E-state index is 0.0283. The molecule has 0 unspecified atom stereocenters. The maximum atomic E-state index is 14.6. The number of rotatable bonds is 1. The number of anilines is 1. The number of hydrogen-bond donors (Lipinski definition) is 2. The van der Waals surface area contributed by atoms with Crippen LogP contribution in [0, 0.1) is 0 Å². The quantitative estimate of drug-likeness (QED) is 0.499. The summed E-state index contributed by atoms with van der Waals surface area (Å²) in [6, 6.07) is 7.17. The van der Waals surface area contributed by atoms with Gasteiger partial charge in [-0.15, -0.1) is 0 Å². The maximum Gasteiger partial charge on any atom is 0.419 e. The standard InChI is InChI=1S/C23H23F3N5O2P/c1-14-15-5-2-3-6-17(15)33-10-4-7-18-30-16-13-28-22(34(32)11-8-27-9-12-34)20(23(24,25)26)19(16)21(29-14)31-18/h2-3,5-6,13,27H,1,4,7-12H2,(H,29,30,31). The average Bonchev–Trinajstić information content (AvgIpc) is 2.83. The first kappa shape index (κ1) is 22.8. The fourth-order valence-electron chi connectivity index (χ4n) is 4.38. The van der Waals surface area contributed by atoms with Gasteiger partial charge in [0.1, 0.15) is 30.0 Å². The predicted molar refractivity (Wildman–Crippen MR) is 125 cm³/mol. The lowest BCUT2D eigenvalue weighted by Gasteiger charge is -2.26. The molecule has 1 aromatic carbocycles. The Morgan fingerprint density at radius 1 is 1.12 bits per heavy atom. The van der Waals surface area contributed by atoms with Gasteiger partial charge in [-0.1, -0.05) is 18.7 Å². The van der Waals surface area contributed by atoms with Gasteiger partial charge in [-0.2, -0.15) is 13.2 Å². The largest absolute Gasteiger partial charge is 0.493 e. The van der Waals surface area contributed by atoms with E-state index in [1.165, 1.54) is 6.20 Å². The molecule has 34 heavy (non-hydrogen) atoms. The number of aromatic nitrogens is 3. The van der Waals surface area contributed by atoms with Crippen LogP contribution in [0.4, 0.5) is 19.0 Å². The van der Waals surface area contributed by atoms with Crippen LogP contribution >= 0.6 is 7.14 Å². The van der Waals surface area contributed by atoms with E-state index in [9.17, 15) is 17.7 Å². The highest BCUT2D eigenvalue weighted by Crippen LogP contribution is 2.49. The Kier molecular flexibility index (Phi) is 5.81. The second kappa shape index (κ2) is 8.67. The van der Waals surface area contributed by atoms with Gasteiger partial charge < -0.3 is 19.9 Å². The van der Waals surface area contributed by atoms with Gasteiger partial charge in [-0.25, -0.2) is 9.97 Å². The number of fused-ring (bicyclic) bond motifs is 5. The number of pyridine rings is 1. The van der Waals surface area contributed by atoms with Gasteiger partial charge in [0.05, 0.1) is 29.3 Å². The number of aryl methyl sites for hydroxylation is 1. The van der Waals surface area contributed by atoms with Gasteiger partial charge in [-0.3, -0.25) is 4.98 Å². The number of hydrogen-bond acceptors (Lipinski definition) is 7. The van der Waals surface area contributed by atoms with E-state index in [1.807, 2.05) is 6.07 Å². The number of para-hydroxylation sites is 1. The van der Waals surface area contributed by atoms with Gasteiger partial charge in [0.25, 0.3) is 0 Å². The third-order valence-corrected chi connectivity index (χ3v) is 9.02. The summed E-state index contributed by atoms with van der Waals surface area (Å²) in [7, 11) is -3.36. The fraction of sp³-hybridized carbons (Fsp3) is 0.348. The van der Waals surface area contributed by atoms with Gasteiger partial charge in [0, 0.05) is 43.1 Å². The van der Waals surface area contributed by atoms with Gasteiger partial charge in [0.2, 0.25) is 0 Å². The molecule has 3 aromatic rings. The highest BCUT2D eigenvalue weighted by Gasteiger charge is 2.44. The molecular weight excluding hydrogens is 466 g/mol. The molecule has 0 amide bonds. The van der Waals surface area contributed by atoms with Gasteiger partial charge >= 0.3 is 6.18 Å². The molecule has 1 fully saturated rings. The van der Waals surface area contributed by atoms with E-state index < -0.39 is 24.3 Å². The third kappa shape index (κ3) is 4.16. The van der Waals surface area contributed by atoms with Crippen LogP contribution in [0.5, 0.6) is 5.75 Å². The summed E-state index contributed by atoms with van der Waals surface area (Å²) in [4.78, 5) is 12.9. The Bertz CT molecular complexity index is 1320. The summed E-state index contributed by atoms with van der Waals surface area (Å²) >= 11 is 0. The van der Waals surface area contributed by atoms with Crippen molar-refractivity contribution >= 4 is 35.0 Å². The number of alkyl halides is 3. The van der Waals surface area contributed by atoms with E-state index >= 15 is 0 Å². The Labute approximate surface area is 194 Å². The molecule has 7 nitrogen and oxygen atoms in total. The fourth-order valence-corrected chi connectivity index (χ4v) is 6.98. The first-order valence-electron chi connectivity index (χ1n) is 11.0. The van der Waals surface area contributed by atoms with E-state index in [4.69, 9.17) is 4.74 Å². The molecule has 5 rings (SSSR count). The zero-order valence-electron chi connectivity index (χ0n) is 18.3. The lowest BCUT2D eigenvalue weighted by molar-refractivity contribution is -0.135. The highest BCUT2D eigenvalue weighted by molar-refractivity contribution is 7.71. The molecule has 178 valence electrons. The van der Waals surface area contributed by atoms with Crippen molar-refractivity contribution in [2.45, 2.75) is 19.0 Å². The Hall–Kier alpha value is -2.97. The second-order valence-corrected chi connectivity index (χ2v) is 11.4. The van der Waals surface area contributed by atoms with E-state index in [0.29, 0.717) is 55.4 Å². The van der Waals surface area contributed by atoms with Crippen LogP contribution in [-0.4, -0.2) is 47.0 Å². The van der Waals surface area contributed by atoms with Crippen LogP contribution in [0.2, 0.25) is 0 Å². The van der Waals surface area contributed by atoms with Crippen molar-refractivity contribution in [3.63, 3.8) is 0 Å². The normalized spacial score (nSPS) is 18.4. The van der Waals surface area contributed by atoms with Crippen LogP contribution in [0.1, 0.15) is 23.4 Å². The summed E-state index contributed by atoms with van der Waals surface area (Å²) in [6.45, 7) is 5.17.